The topological polar surface area (TPSA) is 84.6 Å². The Balaban J connectivity index is 0.000000297. The summed E-state index contributed by atoms with van der Waals surface area (Å²) in [4.78, 5) is 15.4. The molecule has 0 fully saturated rings. The van der Waals surface area contributed by atoms with E-state index in [1.807, 2.05) is 36.0 Å². The fraction of sp³-hybridized carbons (Fsp3) is 0.217. The molecule has 161 valence electrons. The zero-order valence-electron chi connectivity index (χ0n) is 17.3. The van der Waals surface area contributed by atoms with Crippen LogP contribution in [0.3, 0.4) is 0 Å². The first-order valence-electron chi connectivity index (χ1n) is 9.02. The SMILES string of the molecule is CC(=O)/C(=C(/C)O)c1ccccc1.COc1c[c-]c(-c2nccn2C)c(CO)c1.[Ir]. The molecule has 0 bridgehead atoms. The number of ether oxygens (including phenoxy) is 1. The largest absolute Gasteiger partial charge is 0.540 e. The maximum absolute atomic E-state index is 11.2. The molecule has 0 aliphatic carbocycles. The van der Waals surface area contributed by atoms with Gasteiger partial charge < -0.3 is 19.5 Å². The van der Waals surface area contributed by atoms with E-state index in [4.69, 9.17) is 4.74 Å². The summed E-state index contributed by atoms with van der Waals surface area (Å²) >= 11 is 0. The summed E-state index contributed by atoms with van der Waals surface area (Å²) in [5, 5.41) is 18.6. The van der Waals surface area contributed by atoms with E-state index in [1.165, 1.54) is 13.8 Å². The minimum Gasteiger partial charge on any atom is -0.540 e. The number of aliphatic hydroxyl groups is 2. The van der Waals surface area contributed by atoms with Crippen molar-refractivity contribution in [3.8, 4) is 17.1 Å². The van der Waals surface area contributed by atoms with Crippen molar-refractivity contribution in [1.82, 2.24) is 9.55 Å². The van der Waals surface area contributed by atoms with Crippen molar-refractivity contribution in [3.05, 3.63) is 77.8 Å². The number of hydrogen-bond donors (Lipinski definition) is 2. The van der Waals surface area contributed by atoms with Gasteiger partial charge in [0.2, 0.25) is 0 Å². The molecule has 6 nitrogen and oxygen atoms in total. The quantitative estimate of drug-likeness (QED) is 0.269. The van der Waals surface area contributed by atoms with Gasteiger partial charge in [-0.2, -0.15) is 0 Å². The normalized spacial score (nSPS) is 10.8. The van der Waals surface area contributed by atoms with Gasteiger partial charge in [-0.15, -0.1) is 17.7 Å². The molecule has 3 aromatic rings. The maximum Gasteiger partial charge on any atom is 0.163 e. The van der Waals surface area contributed by atoms with Crippen LogP contribution in [0.1, 0.15) is 25.0 Å². The van der Waals surface area contributed by atoms with Crippen LogP contribution in [0.5, 0.6) is 5.75 Å². The van der Waals surface area contributed by atoms with E-state index in [-0.39, 0.29) is 38.3 Å². The first-order valence-corrected chi connectivity index (χ1v) is 9.02. The number of methoxy groups -OCH3 is 1. The molecule has 0 aliphatic rings. The average molecular weight is 586 g/mol. The fourth-order valence-electron chi connectivity index (χ4n) is 2.85. The van der Waals surface area contributed by atoms with Gasteiger partial charge in [-0.05, 0) is 19.4 Å². The molecule has 1 radical (unpaired) electrons. The molecule has 2 aromatic carbocycles. The predicted molar refractivity (Wildman–Crippen MR) is 112 cm³/mol. The Morgan fingerprint density at radius 1 is 1.23 bits per heavy atom. The van der Waals surface area contributed by atoms with Crippen molar-refractivity contribution < 1.29 is 39.8 Å². The van der Waals surface area contributed by atoms with Crippen LogP contribution < -0.4 is 4.74 Å². The third-order valence-electron chi connectivity index (χ3n) is 4.22. The third kappa shape index (κ3) is 6.39. The molecule has 0 unspecified atom stereocenters. The molecule has 0 saturated heterocycles. The van der Waals surface area contributed by atoms with Gasteiger partial charge in [0.05, 0.1) is 18.5 Å². The summed E-state index contributed by atoms with van der Waals surface area (Å²) in [7, 11) is 3.49. The minimum atomic E-state index is -0.119. The molecule has 2 N–H and O–H groups in total. The van der Waals surface area contributed by atoms with Crippen LogP contribution in [0, 0.1) is 6.07 Å². The second-order valence-electron chi connectivity index (χ2n) is 6.34. The van der Waals surface area contributed by atoms with E-state index < -0.39 is 0 Å². The molecule has 0 spiro atoms. The number of aromatic nitrogens is 2. The van der Waals surface area contributed by atoms with Crippen molar-refractivity contribution in [2.75, 3.05) is 7.11 Å². The van der Waals surface area contributed by atoms with Crippen LogP contribution in [-0.2, 0) is 38.6 Å². The number of aliphatic hydroxyl groups excluding tert-OH is 2. The number of allylic oxidation sites excluding steroid dienone is 2. The van der Waals surface area contributed by atoms with Crippen molar-refractivity contribution in [2.45, 2.75) is 20.5 Å². The summed E-state index contributed by atoms with van der Waals surface area (Å²) < 4.78 is 6.98. The molecule has 0 amide bonds. The van der Waals surface area contributed by atoms with E-state index in [0.29, 0.717) is 11.3 Å². The molecule has 30 heavy (non-hydrogen) atoms. The van der Waals surface area contributed by atoms with E-state index in [9.17, 15) is 15.0 Å². The van der Waals surface area contributed by atoms with Gasteiger partial charge in [0.15, 0.2) is 5.78 Å². The zero-order valence-corrected chi connectivity index (χ0v) is 19.7. The number of benzene rings is 2. The number of carbonyl (C=O) groups is 1. The average Bonchev–Trinajstić information content (AvgIpc) is 3.14. The van der Waals surface area contributed by atoms with Gasteiger partial charge in [0.25, 0.3) is 0 Å². The minimum absolute atomic E-state index is 0. The number of Topliss-reactive ketones (excluding diaryl/α,β-unsaturated/α-hetero) is 1. The number of rotatable bonds is 5. The van der Waals surface area contributed by atoms with Gasteiger partial charge in [0.1, 0.15) is 5.76 Å². The molecule has 0 saturated carbocycles. The second-order valence-corrected chi connectivity index (χ2v) is 6.34. The predicted octanol–water partition coefficient (Wildman–Crippen LogP) is 3.95. The van der Waals surface area contributed by atoms with E-state index in [0.717, 1.165) is 22.5 Å². The zero-order chi connectivity index (χ0) is 21.4. The molecule has 0 atom stereocenters. The summed E-state index contributed by atoms with van der Waals surface area (Å²) in [6, 6.07) is 15.8. The van der Waals surface area contributed by atoms with Crippen molar-refractivity contribution in [2.24, 2.45) is 7.05 Å². The van der Waals surface area contributed by atoms with Crippen LogP contribution in [0.25, 0.3) is 17.0 Å². The molecule has 1 heterocycles. The number of hydrogen-bond acceptors (Lipinski definition) is 5. The monoisotopic (exact) mass is 586 g/mol. The molecule has 1 aromatic heterocycles. The molecule has 7 heteroatoms. The standard InChI is InChI=1S/C12H13N2O2.C11H12O2.Ir/c1-14-6-5-13-12(14)11-4-3-10(16-2)7-9(11)8-15;1-8(12)11(9(2)13)10-6-4-3-5-7-10;/h3,5-7,15H,8H2,1-2H3;3-7,12H,1-2H3;/q-1;;/b;11-8+;. The number of imidazole rings is 1. The first-order chi connectivity index (χ1) is 13.9. The van der Waals surface area contributed by atoms with E-state index >= 15 is 0 Å². The Labute approximate surface area is 190 Å². The summed E-state index contributed by atoms with van der Waals surface area (Å²) in [5.41, 5.74) is 2.71. The van der Waals surface area contributed by atoms with Crippen molar-refractivity contribution >= 4 is 11.4 Å². The summed E-state index contributed by atoms with van der Waals surface area (Å²) in [6.07, 6.45) is 3.57. The van der Waals surface area contributed by atoms with E-state index in [1.54, 1.807) is 37.6 Å². The Kier molecular flexibility index (Phi) is 10.2. The van der Waals surface area contributed by atoms with Gasteiger partial charge in [-0.25, -0.2) is 0 Å². The number of aryl methyl sites for hydroxylation is 1. The number of ketones is 1. The van der Waals surface area contributed by atoms with Crippen molar-refractivity contribution in [3.63, 3.8) is 0 Å². The molecular weight excluding hydrogens is 560 g/mol. The summed E-state index contributed by atoms with van der Waals surface area (Å²) in [5.74, 6) is 1.42. The van der Waals surface area contributed by atoms with Gasteiger partial charge in [-0.3, -0.25) is 9.78 Å². The smallest absolute Gasteiger partial charge is 0.163 e. The van der Waals surface area contributed by atoms with Crippen molar-refractivity contribution in [1.29, 1.82) is 0 Å². The summed E-state index contributed by atoms with van der Waals surface area (Å²) in [6.45, 7) is 2.90. The fourth-order valence-corrected chi connectivity index (χ4v) is 2.85. The number of nitrogens with zero attached hydrogens (tertiary/aromatic N) is 2. The van der Waals surface area contributed by atoms with Gasteiger partial charge in [0, 0.05) is 51.9 Å². The molecular formula is C23H25IrN2O4-. The van der Waals surface area contributed by atoms with Gasteiger partial charge >= 0.3 is 0 Å². The van der Waals surface area contributed by atoms with Crippen LogP contribution in [0.2, 0.25) is 0 Å². The first kappa shape index (κ1) is 25.3. The Morgan fingerprint density at radius 3 is 2.37 bits per heavy atom. The number of carbonyl (C=O) groups excluding carboxylic acids is 1. The Bertz CT molecular complexity index is 993. The Morgan fingerprint density at radius 2 is 1.90 bits per heavy atom. The van der Waals surface area contributed by atoms with Crippen LogP contribution in [0.4, 0.5) is 0 Å². The molecule has 0 aliphatic heterocycles. The van der Waals surface area contributed by atoms with Crippen LogP contribution in [0.15, 0.2) is 60.6 Å². The van der Waals surface area contributed by atoms with E-state index in [2.05, 4.69) is 11.1 Å². The second kappa shape index (κ2) is 12.1. The molecule has 3 rings (SSSR count). The van der Waals surface area contributed by atoms with Gasteiger partial charge in [-0.1, -0.05) is 42.0 Å². The van der Waals surface area contributed by atoms with Crippen LogP contribution in [-0.4, -0.2) is 32.7 Å². The van der Waals surface area contributed by atoms with Crippen LogP contribution >= 0.6 is 0 Å². The maximum atomic E-state index is 11.2. The third-order valence-corrected chi connectivity index (χ3v) is 4.22. The Hall–Kier alpha value is -2.73.